The van der Waals surface area contributed by atoms with Gasteiger partial charge in [0.2, 0.25) is 0 Å². The molecule has 0 unspecified atom stereocenters. The minimum atomic E-state index is -1.28. The summed E-state index contributed by atoms with van der Waals surface area (Å²) >= 11 is 0. The van der Waals surface area contributed by atoms with Gasteiger partial charge in [0.05, 0.1) is 39.6 Å². The second-order valence-electron chi connectivity index (χ2n) is 6.44. The van der Waals surface area contributed by atoms with Crippen LogP contribution in [0.1, 0.15) is 12.6 Å². The number of hydrogen-bond acceptors (Lipinski definition) is 9. The van der Waals surface area contributed by atoms with Crippen molar-refractivity contribution in [3.63, 3.8) is 0 Å². The van der Waals surface area contributed by atoms with Crippen molar-refractivity contribution in [3.05, 3.63) is 18.0 Å². The van der Waals surface area contributed by atoms with Gasteiger partial charge in [0.25, 0.3) is 0 Å². The molecule has 1 atom stereocenters. The summed E-state index contributed by atoms with van der Waals surface area (Å²) in [7, 11) is 3.31. The zero-order valence-electron chi connectivity index (χ0n) is 16.4. The summed E-state index contributed by atoms with van der Waals surface area (Å²) in [6.07, 6.45) is 1.47. The van der Waals surface area contributed by atoms with E-state index in [4.69, 9.17) is 18.9 Å². The van der Waals surface area contributed by atoms with Crippen molar-refractivity contribution in [2.75, 3.05) is 60.3 Å². The Morgan fingerprint density at radius 2 is 1.86 bits per heavy atom. The molecule has 2 N–H and O–H groups in total. The number of ether oxygens (including phenoxy) is 4. The van der Waals surface area contributed by atoms with Gasteiger partial charge >= 0.3 is 5.97 Å². The molecule has 0 fully saturated rings. The number of aliphatic imine (C=N–C) groups is 1. The first-order valence-electron chi connectivity index (χ1n) is 8.89. The third-order valence-electron chi connectivity index (χ3n) is 4.11. The molecule has 1 aliphatic rings. The number of aromatic nitrogens is 1. The average molecular weight is 397 g/mol. The molecule has 1 aromatic heterocycles. The largest absolute Gasteiger partial charge is 0.503 e. The van der Waals surface area contributed by atoms with Crippen LogP contribution in [-0.4, -0.2) is 97.8 Å². The maximum Gasteiger partial charge on any atom is 0.333 e. The molecule has 0 spiro atoms. The van der Waals surface area contributed by atoms with E-state index < -0.39 is 11.5 Å². The highest BCUT2D eigenvalue weighted by Crippen LogP contribution is 2.32. The lowest BCUT2D eigenvalue weighted by Gasteiger charge is -2.17. The number of carboxylic acid groups (broad SMARTS) is 1. The predicted molar refractivity (Wildman–Crippen MR) is 100 cm³/mol. The first kappa shape index (κ1) is 21.9. The summed E-state index contributed by atoms with van der Waals surface area (Å²) < 4.78 is 21.1. The Kier molecular flexibility index (Phi) is 7.97. The van der Waals surface area contributed by atoms with Crippen molar-refractivity contribution in [1.29, 1.82) is 0 Å². The van der Waals surface area contributed by atoms with Crippen LogP contribution in [0.2, 0.25) is 0 Å². The van der Waals surface area contributed by atoms with E-state index in [1.165, 1.54) is 19.2 Å². The van der Waals surface area contributed by atoms with Crippen molar-refractivity contribution in [1.82, 2.24) is 9.88 Å². The number of nitrogens with zero attached hydrogens (tertiary/aromatic N) is 3. The maximum absolute atomic E-state index is 11.4. The molecule has 0 bridgehead atoms. The maximum atomic E-state index is 11.4. The molecule has 156 valence electrons. The lowest BCUT2D eigenvalue weighted by atomic mass is 10.1. The van der Waals surface area contributed by atoms with Crippen molar-refractivity contribution >= 4 is 11.8 Å². The van der Waals surface area contributed by atoms with Gasteiger partial charge in [-0.1, -0.05) is 0 Å². The standard InChI is InChI=1S/C18H27N3O7/c1-18(17(23)24)12-21(2)16(20-18)14-15(22)13(4-5-19-14)28-11-10-27-9-8-26-7-6-25-3/h4-5,22H,6-12H2,1-3H3,(H,23,24)/t18-/m1/s1. The molecular formula is C18H27N3O7. The van der Waals surface area contributed by atoms with Crippen LogP contribution in [0.15, 0.2) is 17.3 Å². The summed E-state index contributed by atoms with van der Waals surface area (Å²) in [5, 5.41) is 19.8. The molecule has 10 nitrogen and oxygen atoms in total. The summed E-state index contributed by atoms with van der Waals surface area (Å²) in [4.78, 5) is 21.5. The molecule has 1 aromatic rings. The van der Waals surface area contributed by atoms with E-state index in [0.29, 0.717) is 38.9 Å². The van der Waals surface area contributed by atoms with Crippen molar-refractivity contribution < 1.29 is 34.0 Å². The first-order valence-corrected chi connectivity index (χ1v) is 8.89. The lowest BCUT2D eigenvalue weighted by Crippen LogP contribution is -2.38. The van der Waals surface area contributed by atoms with Gasteiger partial charge in [0.1, 0.15) is 6.61 Å². The molecule has 10 heteroatoms. The van der Waals surface area contributed by atoms with E-state index in [0.717, 1.165) is 0 Å². The molecule has 2 rings (SSSR count). The number of likely N-dealkylation sites (N-methyl/N-ethyl adjacent to an activating group) is 1. The SMILES string of the molecule is COCCOCCOCCOc1ccnc(C2=N[C@@](C)(C(=O)O)CN2C)c1O. The van der Waals surface area contributed by atoms with Gasteiger partial charge in [0.15, 0.2) is 28.6 Å². The number of hydrogen-bond donors (Lipinski definition) is 2. The number of carbonyl (C=O) groups is 1. The van der Waals surface area contributed by atoms with Crippen LogP contribution >= 0.6 is 0 Å². The van der Waals surface area contributed by atoms with Crippen molar-refractivity contribution in [2.24, 2.45) is 4.99 Å². The number of rotatable bonds is 12. The highest BCUT2D eigenvalue weighted by atomic mass is 16.6. The first-order chi connectivity index (χ1) is 13.4. The van der Waals surface area contributed by atoms with E-state index in [9.17, 15) is 15.0 Å². The molecule has 0 saturated heterocycles. The van der Waals surface area contributed by atoms with Gasteiger partial charge in [-0.3, -0.25) is 0 Å². The third-order valence-corrected chi connectivity index (χ3v) is 4.11. The monoisotopic (exact) mass is 397 g/mol. The normalized spacial score (nSPS) is 19.0. The number of pyridine rings is 1. The Hall–Kier alpha value is -2.43. The Morgan fingerprint density at radius 1 is 1.21 bits per heavy atom. The van der Waals surface area contributed by atoms with Crippen LogP contribution in [0, 0.1) is 0 Å². The van der Waals surface area contributed by atoms with Crippen LogP contribution in [0.25, 0.3) is 0 Å². The molecule has 2 heterocycles. The average Bonchev–Trinajstić information content (AvgIpc) is 2.97. The third kappa shape index (κ3) is 5.54. The topological polar surface area (TPSA) is 123 Å². The van der Waals surface area contributed by atoms with Crippen molar-refractivity contribution in [3.8, 4) is 11.5 Å². The van der Waals surface area contributed by atoms with Gasteiger partial charge in [0, 0.05) is 26.4 Å². The van der Waals surface area contributed by atoms with Crippen LogP contribution in [0.3, 0.4) is 0 Å². The number of aromatic hydroxyl groups is 1. The van der Waals surface area contributed by atoms with E-state index in [1.807, 2.05) is 0 Å². The van der Waals surface area contributed by atoms with Gasteiger partial charge in [-0.25, -0.2) is 14.8 Å². The van der Waals surface area contributed by atoms with E-state index in [2.05, 4.69) is 9.98 Å². The van der Waals surface area contributed by atoms with Gasteiger partial charge < -0.3 is 34.1 Å². The Morgan fingerprint density at radius 3 is 2.46 bits per heavy atom. The highest BCUT2D eigenvalue weighted by Gasteiger charge is 2.41. The van der Waals surface area contributed by atoms with Crippen molar-refractivity contribution in [2.45, 2.75) is 12.5 Å². The molecule has 0 saturated carbocycles. The smallest absolute Gasteiger partial charge is 0.333 e. The lowest BCUT2D eigenvalue weighted by molar-refractivity contribution is -0.142. The number of carboxylic acids is 1. The second-order valence-corrected chi connectivity index (χ2v) is 6.44. The molecule has 0 aliphatic carbocycles. The quantitative estimate of drug-likeness (QED) is 0.482. The highest BCUT2D eigenvalue weighted by molar-refractivity contribution is 6.03. The summed E-state index contributed by atoms with van der Waals surface area (Å²) in [6, 6.07) is 1.53. The molecule has 0 aromatic carbocycles. The van der Waals surface area contributed by atoms with E-state index >= 15 is 0 Å². The van der Waals surface area contributed by atoms with Gasteiger partial charge in [-0.15, -0.1) is 0 Å². The fourth-order valence-corrected chi connectivity index (χ4v) is 2.63. The van der Waals surface area contributed by atoms with Crippen LogP contribution in [0.5, 0.6) is 11.5 Å². The zero-order chi connectivity index (χ0) is 20.6. The number of methoxy groups -OCH3 is 1. The van der Waals surface area contributed by atoms with Crippen LogP contribution in [0.4, 0.5) is 0 Å². The van der Waals surface area contributed by atoms with Crippen LogP contribution in [-0.2, 0) is 19.0 Å². The predicted octanol–water partition coefficient (Wildman–Crippen LogP) is 0.381. The Bertz CT molecular complexity index is 698. The zero-order valence-corrected chi connectivity index (χ0v) is 16.4. The summed E-state index contributed by atoms with van der Waals surface area (Å²) in [5.41, 5.74) is -1.11. The fourth-order valence-electron chi connectivity index (χ4n) is 2.63. The molecular weight excluding hydrogens is 370 g/mol. The number of aliphatic carboxylic acids is 1. The minimum absolute atomic E-state index is 0.178. The fraction of sp³-hybridized carbons (Fsp3) is 0.611. The molecule has 1 aliphatic heterocycles. The molecule has 0 amide bonds. The summed E-state index contributed by atoms with van der Waals surface area (Å²) in [5.74, 6) is -0.697. The second kappa shape index (κ2) is 10.2. The Balaban J connectivity index is 1.89. The molecule has 0 radical (unpaired) electrons. The molecule has 28 heavy (non-hydrogen) atoms. The number of amidine groups is 1. The minimum Gasteiger partial charge on any atom is -0.503 e. The Labute approximate surface area is 163 Å². The van der Waals surface area contributed by atoms with Crippen LogP contribution < -0.4 is 4.74 Å². The van der Waals surface area contributed by atoms with Gasteiger partial charge in [-0.05, 0) is 6.92 Å². The van der Waals surface area contributed by atoms with Gasteiger partial charge in [-0.2, -0.15) is 0 Å². The van der Waals surface area contributed by atoms with E-state index in [1.54, 1.807) is 19.1 Å². The van der Waals surface area contributed by atoms with E-state index in [-0.39, 0.29) is 30.3 Å². The summed E-state index contributed by atoms with van der Waals surface area (Å²) in [6.45, 7) is 4.20.